The fraction of sp³-hybridized carbons (Fsp3) is 0.588. The lowest BCUT2D eigenvalue weighted by Crippen LogP contribution is -2.50. The Morgan fingerprint density at radius 2 is 1.83 bits per heavy atom. The Labute approximate surface area is 165 Å². The molecule has 0 radical (unpaired) electrons. The number of aryl methyl sites for hydroxylation is 1. The number of ether oxygens (including phenoxy) is 1. The molecule has 1 aliphatic rings. The highest BCUT2D eigenvalue weighted by Crippen LogP contribution is 2.20. The van der Waals surface area contributed by atoms with E-state index in [1.54, 1.807) is 30.6 Å². The first-order valence-corrected chi connectivity index (χ1v) is 9.02. The summed E-state index contributed by atoms with van der Waals surface area (Å²) in [5.41, 5.74) is -0.587. The number of carbonyl (C=O) groups is 1. The Hall–Kier alpha value is -2.92. The molecule has 1 amide bonds. The van der Waals surface area contributed by atoms with Crippen molar-refractivity contribution >= 4 is 12.0 Å². The largest absolute Gasteiger partial charge is 0.444 e. The van der Waals surface area contributed by atoms with Gasteiger partial charge in [-0.1, -0.05) is 0 Å². The Bertz CT molecular complexity index is 890. The van der Waals surface area contributed by atoms with Gasteiger partial charge in [0.15, 0.2) is 11.6 Å². The quantitative estimate of drug-likeness (QED) is 0.764. The zero-order valence-electron chi connectivity index (χ0n) is 16.6. The fourth-order valence-corrected chi connectivity index (χ4v) is 2.77. The van der Waals surface area contributed by atoms with E-state index in [2.05, 4.69) is 20.1 Å². The van der Waals surface area contributed by atoms with Gasteiger partial charge in [0.1, 0.15) is 11.4 Å². The molecule has 0 spiro atoms. The van der Waals surface area contributed by atoms with Gasteiger partial charge in [-0.2, -0.15) is 9.67 Å². The zero-order chi connectivity index (χ0) is 21.3. The number of rotatable bonds is 3. The first-order chi connectivity index (χ1) is 13.5. The second-order valence-corrected chi connectivity index (χ2v) is 7.53. The smallest absolute Gasteiger partial charge is 0.410 e. The van der Waals surface area contributed by atoms with Crippen molar-refractivity contribution in [2.24, 2.45) is 0 Å². The van der Waals surface area contributed by atoms with Crippen molar-refractivity contribution in [1.29, 1.82) is 0 Å². The molecule has 9 nitrogen and oxygen atoms in total. The van der Waals surface area contributed by atoms with Crippen LogP contribution in [0.15, 0.2) is 6.20 Å². The van der Waals surface area contributed by atoms with Crippen LogP contribution in [0.3, 0.4) is 0 Å². The normalized spacial score (nSPS) is 15.2. The van der Waals surface area contributed by atoms with E-state index in [1.807, 2.05) is 0 Å². The Morgan fingerprint density at radius 1 is 1.17 bits per heavy atom. The monoisotopic (exact) mass is 413 g/mol. The molecular weight excluding hydrogens is 391 g/mol. The van der Waals surface area contributed by atoms with E-state index in [0.717, 1.165) is 10.9 Å². The standard InChI is InChI=1S/C17H22F3N7O2/c1-10-22-13(12(19)20)24-27(10)14-11(18)9-21-15(23-14)25-5-7-26(8-6-25)16(28)29-17(2,3)4/h9,12H,5-8H2,1-4H3. The van der Waals surface area contributed by atoms with Crippen molar-refractivity contribution in [3.8, 4) is 5.82 Å². The van der Waals surface area contributed by atoms with Crippen LogP contribution in [0.1, 0.15) is 38.8 Å². The van der Waals surface area contributed by atoms with E-state index in [1.165, 1.54) is 6.92 Å². The van der Waals surface area contributed by atoms with Crippen LogP contribution in [0.25, 0.3) is 5.82 Å². The topological polar surface area (TPSA) is 89.3 Å². The van der Waals surface area contributed by atoms with Gasteiger partial charge in [-0.25, -0.2) is 27.9 Å². The number of amides is 1. The molecule has 0 atom stereocenters. The molecule has 2 aromatic heterocycles. The molecule has 0 bridgehead atoms. The van der Waals surface area contributed by atoms with Crippen LogP contribution in [-0.2, 0) is 4.74 Å². The molecule has 0 N–H and O–H groups in total. The summed E-state index contributed by atoms with van der Waals surface area (Å²) >= 11 is 0. The molecule has 1 aliphatic heterocycles. The van der Waals surface area contributed by atoms with Crippen molar-refractivity contribution in [2.45, 2.75) is 39.7 Å². The summed E-state index contributed by atoms with van der Waals surface area (Å²) in [5.74, 6) is -1.48. The molecule has 1 fully saturated rings. The highest BCUT2D eigenvalue weighted by molar-refractivity contribution is 5.68. The van der Waals surface area contributed by atoms with Crippen molar-refractivity contribution in [3.63, 3.8) is 0 Å². The van der Waals surface area contributed by atoms with Gasteiger partial charge in [0.2, 0.25) is 11.8 Å². The number of aromatic nitrogens is 5. The first kappa shape index (κ1) is 20.8. The van der Waals surface area contributed by atoms with Gasteiger partial charge >= 0.3 is 6.09 Å². The number of hydrogen-bond donors (Lipinski definition) is 0. The second-order valence-electron chi connectivity index (χ2n) is 7.53. The molecule has 0 aromatic carbocycles. The second kappa shape index (κ2) is 7.84. The van der Waals surface area contributed by atoms with Gasteiger partial charge < -0.3 is 14.5 Å². The first-order valence-electron chi connectivity index (χ1n) is 9.02. The molecule has 1 saturated heterocycles. The summed E-state index contributed by atoms with van der Waals surface area (Å²) in [4.78, 5) is 27.3. The number of halogens is 3. The minimum Gasteiger partial charge on any atom is -0.444 e. The van der Waals surface area contributed by atoms with Crippen LogP contribution in [0.4, 0.5) is 23.9 Å². The molecule has 3 heterocycles. The average molecular weight is 413 g/mol. The van der Waals surface area contributed by atoms with E-state index >= 15 is 0 Å². The third kappa shape index (κ3) is 4.74. The summed E-state index contributed by atoms with van der Waals surface area (Å²) in [7, 11) is 0. The van der Waals surface area contributed by atoms with E-state index in [-0.39, 0.29) is 17.6 Å². The minimum absolute atomic E-state index is 0.0820. The SMILES string of the molecule is Cc1nc(C(F)F)nn1-c1nc(N2CCN(C(=O)OC(C)(C)C)CC2)ncc1F. The van der Waals surface area contributed by atoms with Crippen LogP contribution in [0.5, 0.6) is 0 Å². The van der Waals surface area contributed by atoms with Gasteiger partial charge in [-0.15, -0.1) is 5.10 Å². The molecule has 2 aromatic rings. The third-order valence-corrected chi connectivity index (χ3v) is 4.11. The molecule has 0 unspecified atom stereocenters. The van der Waals surface area contributed by atoms with E-state index < -0.39 is 29.8 Å². The Balaban J connectivity index is 1.75. The predicted molar refractivity (Wildman–Crippen MR) is 96.6 cm³/mol. The average Bonchev–Trinajstić information content (AvgIpc) is 3.03. The third-order valence-electron chi connectivity index (χ3n) is 4.11. The number of carbonyl (C=O) groups excluding carboxylic acids is 1. The number of alkyl halides is 2. The summed E-state index contributed by atoms with van der Waals surface area (Å²) in [5, 5.41) is 3.63. The molecule has 158 valence electrons. The van der Waals surface area contributed by atoms with Crippen LogP contribution in [0, 0.1) is 12.7 Å². The van der Waals surface area contributed by atoms with Crippen LogP contribution in [0.2, 0.25) is 0 Å². The number of piperazine rings is 1. The predicted octanol–water partition coefficient (Wildman–Crippen LogP) is 2.50. The van der Waals surface area contributed by atoms with E-state index in [9.17, 15) is 18.0 Å². The lowest BCUT2D eigenvalue weighted by Gasteiger charge is -2.35. The maximum absolute atomic E-state index is 14.2. The van der Waals surface area contributed by atoms with Crippen LogP contribution >= 0.6 is 0 Å². The molecule has 0 aliphatic carbocycles. The van der Waals surface area contributed by atoms with Gasteiger partial charge in [-0.3, -0.25) is 0 Å². The maximum Gasteiger partial charge on any atom is 0.410 e. The number of anilines is 1. The lowest BCUT2D eigenvalue weighted by atomic mass is 10.2. The van der Waals surface area contributed by atoms with Gasteiger partial charge in [0, 0.05) is 26.2 Å². The van der Waals surface area contributed by atoms with Crippen LogP contribution < -0.4 is 4.90 Å². The zero-order valence-corrected chi connectivity index (χ0v) is 16.6. The summed E-state index contributed by atoms with van der Waals surface area (Å²) < 4.78 is 46.2. The highest BCUT2D eigenvalue weighted by atomic mass is 19.3. The van der Waals surface area contributed by atoms with Crippen molar-refractivity contribution in [3.05, 3.63) is 23.7 Å². The number of hydrogen-bond acceptors (Lipinski definition) is 7. The van der Waals surface area contributed by atoms with Crippen molar-refractivity contribution in [2.75, 3.05) is 31.1 Å². The number of nitrogens with zero attached hydrogens (tertiary/aromatic N) is 7. The molecule has 0 saturated carbocycles. The summed E-state index contributed by atoms with van der Waals surface area (Å²) in [6.07, 6.45) is -2.32. The lowest BCUT2D eigenvalue weighted by molar-refractivity contribution is 0.0240. The molecule has 12 heteroatoms. The summed E-state index contributed by atoms with van der Waals surface area (Å²) in [6.45, 7) is 8.37. The molecule has 3 rings (SSSR count). The Morgan fingerprint density at radius 3 is 2.38 bits per heavy atom. The van der Waals surface area contributed by atoms with Gasteiger partial charge in [-0.05, 0) is 27.7 Å². The van der Waals surface area contributed by atoms with Crippen molar-refractivity contribution in [1.82, 2.24) is 29.6 Å². The molecule has 29 heavy (non-hydrogen) atoms. The van der Waals surface area contributed by atoms with Gasteiger partial charge in [0.05, 0.1) is 6.20 Å². The maximum atomic E-state index is 14.2. The highest BCUT2D eigenvalue weighted by Gasteiger charge is 2.27. The van der Waals surface area contributed by atoms with Crippen LogP contribution in [-0.4, -0.2) is 67.5 Å². The Kier molecular flexibility index (Phi) is 5.62. The fourth-order valence-electron chi connectivity index (χ4n) is 2.77. The minimum atomic E-state index is -2.87. The molecular formula is C17H22F3N7O2. The summed E-state index contributed by atoms with van der Waals surface area (Å²) in [6, 6.07) is 0. The van der Waals surface area contributed by atoms with E-state index in [4.69, 9.17) is 4.74 Å². The van der Waals surface area contributed by atoms with E-state index in [0.29, 0.717) is 26.2 Å². The van der Waals surface area contributed by atoms with Crippen molar-refractivity contribution < 1.29 is 22.7 Å². The van der Waals surface area contributed by atoms with Gasteiger partial charge in [0.25, 0.3) is 6.43 Å².